The van der Waals surface area contributed by atoms with Crippen LogP contribution in [-0.4, -0.2) is 45.8 Å². The van der Waals surface area contributed by atoms with E-state index in [1.165, 1.54) is 5.39 Å². The molecule has 2 radical (unpaired) electrons. The first kappa shape index (κ1) is 22.0. The highest BCUT2D eigenvalue weighted by Crippen LogP contribution is 2.39. The molecule has 2 unspecified atom stereocenters. The number of nitrogens with zero attached hydrogens (tertiary/aromatic N) is 4. The van der Waals surface area contributed by atoms with Gasteiger partial charge in [-0.25, -0.2) is 4.98 Å². The molecular formula is C27H24BN6P. The second-order valence-electron chi connectivity index (χ2n) is 8.79. The third-order valence-electron chi connectivity index (χ3n) is 6.61. The quantitative estimate of drug-likeness (QED) is 0.236. The number of H-pyrrole nitrogens is 1. The molecule has 0 saturated carbocycles. The van der Waals surface area contributed by atoms with Crippen LogP contribution in [0.2, 0.25) is 0 Å². The zero-order valence-corrected chi connectivity index (χ0v) is 20.7. The fraction of sp³-hybridized carbons (Fsp3) is 0.148. The predicted octanol–water partition coefficient (Wildman–Crippen LogP) is 6.03. The normalized spacial score (nSPS) is 13.6. The van der Waals surface area contributed by atoms with Crippen molar-refractivity contribution < 1.29 is 0 Å². The summed E-state index contributed by atoms with van der Waals surface area (Å²) in [6, 6.07) is 21.1. The molecule has 8 heteroatoms. The van der Waals surface area contributed by atoms with Crippen molar-refractivity contribution in [1.29, 1.82) is 0 Å². The number of benzene rings is 3. The summed E-state index contributed by atoms with van der Waals surface area (Å²) in [4.78, 5) is 13.0. The Kier molecular flexibility index (Phi) is 5.39. The van der Waals surface area contributed by atoms with Crippen LogP contribution in [0.25, 0.3) is 55.4 Å². The largest absolute Gasteiger partial charge is 0.337 e. The van der Waals surface area contributed by atoms with Gasteiger partial charge in [0.15, 0.2) is 5.82 Å². The molecule has 2 N–H and O–H groups in total. The van der Waals surface area contributed by atoms with Crippen LogP contribution >= 0.6 is 7.95 Å². The summed E-state index contributed by atoms with van der Waals surface area (Å²) in [5.41, 5.74) is 7.06. The molecule has 170 valence electrons. The number of fused-ring (bicyclic) bond motifs is 3. The first-order valence-electron chi connectivity index (χ1n) is 11.6. The SMILES string of the molecule is [B]P(C)n1nc(-c2nc3c(C(C)NC)cccc3[nH]2)c2cc(-c3cncc4ccccc34)ccc21. The number of para-hydroxylation sites is 1. The predicted molar refractivity (Wildman–Crippen MR) is 147 cm³/mol. The number of imidazole rings is 1. The zero-order valence-electron chi connectivity index (χ0n) is 19.8. The van der Waals surface area contributed by atoms with Crippen molar-refractivity contribution in [2.24, 2.45) is 0 Å². The van der Waals surface area contributed by atoms with Crippen LogP contribution < -0.4 is 5.32 Å². The van der Waals surface area contributed by atoms with E-state index >= 15 is 0 Å². The summed E-state index contributed by atoms with van der Waals surface area (Å²) in [6.45, 7) is 4.13. The topological polar surface area (TPSA) is 71.4 Å². The van der Waals surface area contributed by atoms with Crippen LogP contribution in [0.1, 0.15) is 18.5 Å². The number of aromatic nitrogens is 5. The molecule has 0 aliphatic heterocycles. The van der Waals surface area contributed by atoms with Gasteiger partial charge in [-0.3, -0.25) is 9.44 Å². The molecule has 6 aromatic rings. The van der Waals surface area contributed by atoms with Crippen molar-refractivity contribution in [2.75, 3.05) is 13.7 Å². The highest BCUT2D eigenvalue weighted by Gasteiger charge is 2.20. The Morgan fingerprint density at radius 2 is 1.89 bits per heavy atom. The lowest BCUT2D eigenvalue weighted by molar-refractivity contribution is 0.656. The highest BCUT2D eigenvalue weighted by molar-refractivity contribution is 7.80. The van der Waals surface area contributed by atoms with Crippen molar-refractivity contribution in [3.8, 4) is 22.6 Å². The molecule has 0 aliphatic rings. The summed E-state index contributed by atoms with van der Waals surface area (Å²) in [7, 11) is 7.37. The minimum absolute atomic E-state index is 0.183. The van der Waals surface area contributed by atoms with Crippen LogP contribution in [0.3, 0.4) is 0 Å². The van der Waals surface area contributed by atoms with E-state index in [0.29, 0.717) is 0 Å². The summed E-state index contributed by atoms with van der Waals surface area (Å²) in [5.74, 6) is 0.740. The molecule has 0 bridgehead atoms. The molecular weight excluding hydrogens is 450 g/mol. The average Bonchev–Trinajstić information content (AvgIpc) is 3.49. The average molecular weight is 474 g/mol. The number of aromatic amines is 1. The zero-order chi connectivity index (χ0) is 24.1. The van der Waals surface area contributed by atoms with E-state index in [1.807, 2.05) is 36.6 Å². The molecule has 3 aromatic heterocycles. The molecule has 0 amide bonds. The Balaban J connectivity index is 1.59. The van der Waals surface area contributed by atoms with E-state index in [2.05, 4.69) is 76.8 Å². The highest BCUT2D eigenvalue weighted by atomic mass is 31.1. The van der Waals surface area contributed by atoms with E-state index in [1.54, 1.807) is 0 Å². The summed E-state index contributed by atoms with van der Waals surface area (Å²) in [5, 5.41) is 11.6. The van der Waals surface area contributed by atoms with E-state index < -0.39 is 7.95 Å². The van der Waals surface area contributed by atoms with Crippen LogP contribution in [0, 0.1) is 0 Å². The Morgan fingerprint density at radius 1 is 1.03 bits per heavy atom. The van der Waals surface area contributed by atoms with Gasteiger partial charge in [-0.05, 0) is 63.3 Å². The number of hydrogen-bond acceptors (Lipinski definition) is 4. The molecule has 0 aliphatic carbocycles. The van der Waals surface area contributed by atoms with Crippen molar-refractivity contribution >= 4 is 48.2 Å². The van der Waals surface area contributed by atoms with E-state index in [4.69, 9.17) is 17.6 Å². The molecule has 6 rings (SSSR count). The maximum absolute atomic E-state index is 6.37. The molecule has 0 saturated heterocycles. The van der Waals surface area contributed by atoms with Crippen LogP contribution in [-0.2, 0) is 0 Å². The van der Waals surface area contributed by atoms with Gasteiger partial charge in [-0.1, -0.05) is 42.5 Å². The van der Waals surface area contributed by atoms with Crippen LogP contribution in [0.15, 0.2) is 73.1 Å². The Hall–Kier alpha value is -3.54. The minimum Gasteiger partial charge on any atom is -0.337 e. The van der Waals surface area contributed by atoms with Gasteiger partial charge in [0.25, 0.3) is 0 Å². The maximum Gasteiger partial charge on any atom is 0.159 e. The number of rotatable bonds is 5. The lowest BCUT2D eigenvalue weighted by atomic mass is 9.99. The van der Waals surface area contributed by atoms with Gasteiger partial charge in [-0.2, -0.15) is 5.10 Å². The fourth-order valence-electron chi connectivity index (χ4n) is 4.70. The van der Waals surface area contributed by atoms with E-state index in [0.717, 1.165) is 55.5 Å². The van der Waals surface area contributed by atoms with Gasteiger partial charge in [0.05, 0.1) is 16.6 Å². The van der Waals surface area contributed by atoms with Crippen molar-refractivity contribution in [3.63, 3.8) is 0 Å². The van der Waals surface area contributed by atoms with E-state index in [9.17, 15) is 0 Å². The third-order valence-corrected chi connectivity index (χ3v) is 7.51. The third kappa shape index (κ3) is 3.63. The molecule has 3 heterocycles. The van der Waals surface area contributed by atoms with Gasteiger partial charge in [0.2, 0.25) is 0 Å². The van der Waals surface area contributed by atoms with Gasteiger partial charge in [0.1, 0.15) is 13.3 Å². The Bertz CT molecular complexity index is 1700. The number of hydrogen-bond donors (Lipinski definition) is 2. The van der Waals surface area contributed by atoms with Crippen molar-refractivity contribution in [2.45, 2.75) is 13.0 Å². The standard InChI is InChI=1S/C27H24BN6P/c1-16(29-2)19-9-6-10-23-25(19)32-27(31-23)26-21-13-17(11-12-24(21)34(33-26)35(3)28)22-15-30-14-18-7-4-5-8-20(18)22/h4-16,29H,1-3H3,(H,31,32). The lowest BCUT2D eigenvalue weighted by Crippen LogP contribution is -2.12. The molecule has 6 nitrogen and oxygen atoms in total. The second-order valence-corrected chi connectivity index (χ2v) is 10.3. The summed E-state index contributed by atoms with van der Waals surface area (Å²) < 4.78 is 1.93. The van der Waals surface area contributed by atoms with Crippen LogP contribution in [0.5, 0.6) is 0 Å². The van der Waals surface area contributed by atoms with Gasteiger partial charge < -0.3 is 10.3 Å². The van der Waals surface area contributed by atoms with Gasteiger partial charge >= 0.3 is 0 Å². The molecule has 2 atom stereocenters. The molecule has 0 fully saturated rings. The van der Waals surface area contributed by atoms with Crippen molar-refractivity contribution in [3.05, 3.63) is 78.6 Å². The first-order chi connectivity index (χ1) is 17.0. The first-order valence-corrected chi connectivity index (χ1v) is 13.4. The van der Waals surface area contributed by atoms with Gasteiger partial charge in [-0.15, -0.1) is 0 Å². The molecule has 0 spiro atoms. The number of pyridine rings is 1. The second kappa shape index (κ2) is 8.60. The van der Waals surface area contributed by atoms with Gasteiger partial charge in [0, 0.05) is 34.8 Å². The molecule has 35 heavy (non-hydrogen) atoms. The summed E-state index contributed by atoms with van der Waals surface area (Å²) in [6.07, 6.45) is 3.83. The lowest BCUT2D eigenvalue weighted by Gasteiger charge is -2.10. The monoisotopic (exact) mass is 474 g/mol. The Labute approximate surface area is 206 Å². The minimum atomic E-state index is -0.958. The molecule has 3 aromatic carbocycles. The van der Waals surface area contributed by atoms with E-state index in [-0.39, 0.29) is 6.04 Å². The van der Waals surface area contributed by atoms with Crippen LogP contribution in [0.4, 0.5) is 0 Å². The van der Waals surface area contributed by atoms with Crippen molar-refractivity contribution in [1.82, 2.24) is 29.8 Å². The smallest absolute Gasteiger partial charge is 0.159 e. The maximum atomic E-state index is 6.37. The fourth-order valence-corrected chi connectivity index (χ4v) is 5.45. The summed E-state index contributed by atoms with van der Waals surface area (Å²) >= 11 is 0. The number of nitrogens with one attached hydrogen (secondary N) is 2. The Morgan fingerprint density at radius 3 is 2.71 bits per heavy atom.